The van der Waals surface area contributed by atoms with Crippen LogP contribution in [0.15, 0.2) is 11.3 Å². The minimum absolute atomic E-state index is 0.0632. The van der Waals surface area contributed by atoms with E-state index < -0.39 is 26.9 Å². The molecule has 0 saturated carbocycles. The van der Waals surface area contributed by atoms with E-state index in [1.807, 2.05) is 6.92 Å². The van der Waals surface area contributed by atoms with Crippen molar-refractivity contribution in [3.05, 3.63) is 11.3 Å². The molecule has 2 radical (unpaired) electrons. The Morgan fingerprint density at radius 1 is 1.56 bits per heavy atom. The van der Waals surface area contributed by atoms with E-state index in [2.05, 4.69) is 9.90 Å². The van der Waals surface area contributed by atoms with Gasteiger partial charge in [-0.15, -0.1) is 0 Å². The largest absolute Gasteiger partial charge is 0.428 e. The van der Waals surface area contributed by atoms with Crippen LogP contribution in [0.5, 0.6) is 0 Å². The van der Waals surface area contributed by atoms with Crippen molar-refractivity contribution < 1.29 is 24.3 Å². The van der Waals surface area contributed by atoms with Gasteiger partial charge in [-0.2, -0.15) is 0 Å². The summed E-state index contributed by atoms with van der Waals surface area (Å²) in [6.07, 6.45) is -0.434. The van der Waals surface area contributed by atoms with E-state index in [0.29, 0.717) is 19.5 Å². The first-order chi connectivity index (χ1) is 11.9. The normalized spacial score (nSPS) is 33.9. The number of rotatable bonds is 6. The SMILES string of the molecule is [B]NPOC(=O)C1=C(CN2CC[C@H](O)C2)[C@H](C)[C@@H]2C([C@@H](C)O)C(=O)N12. The van der Waals surface area contributed by atoms with Crippen LogP contribution in [0.1, 0.15) is 20.3 Å². The molecule has 10 heteroatoms. The highest BCUT2D eigenvalue weighted by atomic mass is 31.1. The van der Waals surface area contributed by atoms with Gasteiger partial charge in [-0.1, -0.05) is 6.92 Å². The van der Waals surface area contributed by atoms with E-state index in [1.54, 1.807) is 6.92 Å². The van der Waals surface area contributed by atoms with E-state index in [4.69, 9.17) is 12.5 Å². The predicted octanol–water partition coefficient (Wildman–Crippen LogP) is -1.11. The smallest absolute Gasteiger partial charge is 0.358 e. The first kappa shape index (κ1) is 18.8. The van der Waals surface area contributed by atoms with Crippen LogP contribution in [0, 0.1) is 11.8 Å². The van der Waals surface area contributed by atoms with Crippen LogP contribution in [0.3, 0.4) is 0 Å². The molecule has 136 valence electrons. The zero-order valence-corrected chi connectivity index (χ0v) is 15.3. The highest BCUT2D eigenvalue weighted by Crippen LogP contribution is 2.47. The number of carbonyl (C=O) groups excluding carboxylic acids is 2. The molecule has 3 heterocycles. The molecule has 1 amide bonds. The Morgan fingerprint density at radius 3 is 2.84 bits per heavy atom. The number of carbonyl (C=O) groups is 2. The number of hydrogen-bond donors (Lipinski definition) is 3. The van der Waals surface area contributed by atoms with Crippen molar-refractivity contribution >= 4 is 28.8 Å². The maximum atomic E-state index is 12.5. The topological polar surface area (TPSA) is 102 Å². The van der Waals surface area contributed by atoms with Crippen molar-refractivity contribution in [1.29, 1.82) is 0 Å². The molecular weight excluding hydrogens is 344 g/mol. The fourth-order valence-electron chi connectivity index (χ4n) is 4.16. The Morgan fingerprint density at radius 2 is 2.28 bits per heavy atom. The predicted molar refractivity (Wildman–Crippen MR) is 92.4 cm³/mol. The van der Waals surface area contributed by atoms with Gasteiger partial charge < -0.3 is 24.6 Å². The van der Waals surface area contributed by atoms with Gasteiger partial charge in [0.1, 0.15) is 14.7 Å². The van der Waals surface area contributed by atoms with Crippen molar-refractivity contribution in [3.8, 4) is 0 Å². The van der Waals surface area contributed by atoms with Gasteiger partial charge in [-0.25, -0.2) is 4.79 Å². The monoisotopic (exact) mass is 367 g/mol. The summed E-state index contributed by atoms with van der Waals surface area (Å²) >= 11 is 0. The van der Waals surface area contributed by atoms with Gasteiger partial charge in [0.2, 0.25) is 5.91 Å². The summed E-state index contributed by atoms with van der Waals surface area (Å²) in [5.41, 5.74) is 1.09. The molecule has 2 saturated heterocycles. The van der Waals surface area contributed by atoms with Crippen molar-refractivity contribution in [2.75, 3.05) is 19.6 Å². The lowest BCUT2D eigenvalue weighted by Crippen LogP contribution is -2.63. The number of nitrogens with zero attached hydrogens (tertiary/aromatic N) is 2. The van der Waals surface area contributed by atoms with E-state index in [1.165, 1.54) is 4.90 Å². The summed E-state index contributed by atoms with van der Waals surface area (Å²) < 4.78 is 5.11. The van der Waals surface area contributed by atoms with Crippen LogP contribution < -0.4 is 5.00 Å². The summed E-state index contributed by atoms with van der Waals surface area (Å²) in [4.78, 5) is 30.8. The lowest BCUT2D eigenvalue weighted by Gasteiger charge is -2.46. The molecule has 8 nitrogen and oxygen atoms in total. The molecule has 25 heavy (non-hydrogen) atoms. The van der Waals surface area contributed by atoms with Crippen molar-refractivity contribution in [3.63, 3.8) is 0 Å². The van der Waals surface area contributed by atoms with Crippen LogP contribution >= 0.6 is 8.96 Å². The van der Waals surface area contributed by atoms with E-state index in [9.17, 15) is 19.8 Å². The molecule has 2 unspecified atom stereocenters. The van der Waals surface area contributed by atoms with Crippen molar-refractivity contribution in [1.82, 2.24) is 14.8 Å². The average Bonchev–Trinajstić information content (AvgIpc) is 3.06. The number of hydrogen-bond acceptors (Lipinski definition) is 7. The molecule has 6 atom stereocenters. The summed E-state index contributed by atoms with van der Waals surface area (Å²) in [5, 5.41) is 19.7. The fourth-order valence-corrected chi connectivity index (χ4v) is 4.41. The summed E-state index contributed by atoms with van der Waals surface area (Å²) in [6.45, 7) is 5.34. The number of β-amino-alcohol motifs (C(OH)–C–C–N with tert-alkyl or cyclic N) is 1. The molecule has 3 N–H and O–H groups in total. The zero-order chi connectivity index (χ0) is 18.3. The number of aliphatic hydroxyl groups is 2. The number of nitrogens with one attached hydrogen (secondary N) is 1. The summed E-state index contributed by atoms with van der Waals surface area (Å²) in [7, 11) is 4.77. The van der Waals surface area contributed by atoms with Gasteiger partial charge in [0.25, 0.3) is 0 Å². The molecule has 0 bridgehead atoms. The molecule has 0 aromatic heterocycles. The summed E-state index contributed by atoms with van der Waals surface area (Å²) in [5.74, 6) is -1.40. The minimum atomic E-state index is -0.769. The van der Waals surface area contributed by atoms with Gasteiger partial charge in [0, 0.05) is 25.6 Å². The molecule has 3 aliphatic rings. The van der Waals surface area contributed by atoms with Crippen LogP contribution in [0.25, 0.3) is 0 Å². The second kappa shape index (κ2) is 7.33. The van der Waals surface area contributed by atoms with Crippen molar-refractivity contribution in [2.24, 2.45) is 11.8 Å². The van der Waals surface area contributed by atoms with Gasteiger partial charge >= 0.3 is 5.97 Å². The van der Waals surface area contributed by atoms with Crippen LogP contribution in [0.2, 0.25) is 0 Å². The van der Waals surface area contributed by atoms with Gasteiger partial charge in [-0.3, -0.25) is 9.69 Å². The second-order valence-corrected chi connectivity index (χ2v) is 7.64. The minimum Gasteiger partial charge on any atom is -0.428 e. The van der Waals surface area contributed by atoms with Gasteiger partial charge in [0.15, 0.2) is 7.98 Å². The zero-order valence-electron chi connectivity index (χ0n) is 14.3. The third-order valence-corrected chi connectivity index (χ3v) is 5.76. The van der Waals surface area contributed by atoms with Crippen molar-refractivity contribution in [2.45, 2.75) is 38.5 Å². The molecule has 0 spiro atoms. The Bertz CT molecular complexity index is 602. The van der Waals surface area contributed by atoms with E-state index in [0.717, 1.165) is 12.1 Å². The quantitative estimate of drug-likeness (QED) is 0.311. The standard InChI is InChI=1S/C15H23BN3O5P/c1-7-10(6-18-4-3-9(21)5-18)13(15(23)24-25-17-16)19-12(7)11(8(2)20)14(19)22/h7-9,11-12,17,20-21,25H,3-6H2,1-2H3/t7-,8+,9-,11?,12+/m0/s1. The summed E-state index contributed by atoms with van der Waals surface area (Å²) in [6, 6.07) is -0.230. The van der Waals surface area contributed by atoms with E-state index >= 15 is 0 Å². The highest BCUT2D eigenvalue weighted by molar-refractivity contribution is 7.32. The van der Waals surface area contributed by atoms with Crippen LogP contribution in [-0.4, -0.2) is 77.8 Å². The maximum Gasteiger partial charge on any atom is 0.358 e. The number of likely N-dealkylation sites (tertiary alicyclic amines) is 1. The molecule has 3 aliphatic heterocycles. The van der Waals surface area contributed by atoms with Gasteiger partial charge in [0.05, 0.1) is 24.2 Å². The molecule has 0 aromatic rings. The van der Waals surface area contributed by atoms with E-state index in [-0.39, 0.29) is 29.7 Å². The Labute approximate surface area is 149 Å². The van der Waals surface area contributed by atoms with Gasteiger partial charge in [-0.05, 0) is 18.9 Å². The molecule has 3 rings (SSSR count). The number of β-lactam (4-membered cyclic amide) rings is 1. The molecule has 0 aliphatic carbocycles. The fraction of sp³-hybridized carbons (Fsp3) is 0.733. The maximum absolute atomic E-state index is 12.5. The third-order valence-electron chi connectivity index (χ3n) is 5.35. The molecule has 0 aromatic carbocycles. The number of aliphatic hydroxyl groups excluding tert-OH is 2. The number of fused-ring (bicyclic) bond motifs is 1. The average molecular weight is 367 g/mol. The molecule has 2 fully saturated rings. The Hall–Kier alpha value is -0.985. The van der Waals surface area contributed by atoms with Crippen LogP contribution in [0.4, 0.5) is 0 Å². The highest BCUT2D eigenvalue weighted by Gasteiger charge is 2.60. The third kappa shape index (κ3) is 3.24. The first-order valence-electron chi connectivity index (χ1n) is 8.43. The lowest BCUT2D eigenvalue weighted by atomic mass is 9.77. The number of amides is 1. The molecular formula is C15H23BN3O5P. The van der Waals surface area contributed by atoms with Crippen LogP contribution in [-0.2, 0) is 14.1 Å². The second-order valence-electron chi connectivity index (χ2n) is 6.94. The Balaban J connectivity index is 1.87. The Kier molecular flexibility index (Phi) is 5.51. The lowest BCUT2D eigenvalue weighted by molar-refractivity contribution is -0.162. The first-order valence-corrected chi connectivity index (χ1v) is 9.34.